The van der Waals surface area contributed by atoms with Crippen molar-refractivity contribution >= 4 is 11.8 Å². The Morgan fingerprint density at radius 2 is 1.81 bits per heavy atom. The molecule has 0 bridgehead atoms. The van der Waals surface area contributed by atoms with Crippen LogP contribution in [0.4, 0.5) is 0 Å². The molecule has 140 valence electrons. The second kappa shape index (κ2) is 9.32. The van der Waals surface area contributed by atoms with Gasteiger partial charge in [-0.15, -0.1) is 0 Å². The van der Waals surface area contributed by atoms with Crippen molar-refractivity contribution in [2.75, 3.05) is 0 Å². The second-order valence-corrected chi connectivity index (χ2v) is 7.15. The van der Waals surface area contributed by atoms with Crippen molar-refractivity contribution in [3.05, 3.63) is 52.8 Å². The molecule has 0 radical (unpaired) electrons. The molecule has 0 spiro atoms. The van der Waals surface area contributed by atoms with Gasteiger partial charge in [0, 0.05) is 25.1 Å². The molecular formula is C21H29N3O2. The molecule has 1 aromatic carbocycles. The molecule has 0 saturated carbocycles. The highest BCUT2D eigenvalue weighted by Crippen LogP contribution is 2.18. The molecule has 1 amide bonds. The van der Waals surface area contributed by atoms with Gasteiger partial charge in [0.25, 0.3) is 0 Å². The zero-order valence-corrected chi connectivity index (χ0v) is 16.2. The summed E-state index contributed by atoms with van der Waals surface area (Å²) < 4.78 is 1.47. The van der Waals surface area contributed by atoms with Gasteiger partial charge in [-0.1, -0.05) is 44.2 Å². The molecule has 5 heteroatoms. The van der Waals surface area contributed by atoms with Gasteiger partial charge in [-0.25, -0.2) is 4.68 Å². The minimum absolute atomic E-state index is 0.122. The van der Waals surface area contributed by atoms with Crippen molar-refractivity contribution in [1.29, 1.82) is 0 Å². The van der Waals surface area contributed by atoms with Gasteiger partial charge in [0.2, 0.25) is 11.8 Å². The summed E-state index contributed by atoms with van der Waals surface area (Å²) in [5.41, 5.74) is 4.00. The maximum Gasteiger partial charge on any atom is 0.247 e. The first-order valence-corrected chi connectivity index (χ1v) is 9.27. The summed E-state index contributed by atoms with van der Waals surface area (Å²) in [6.07, 6.45) is 2.33. The van der Waals surface area contributed by atoms with Crippen LogP contribution in [-0.2, 0) is 17.8 Å². The highest BCUT2D eigenvalue weighted by Gasteiger charge is 2.17. The normalized spacial score (nSPS) is 11.0. The molecule has 0 aliphatic heterocycles. The summed E-state index contributed by atoms with van der Waals surface area (Å²) in [5, 5.41) is 7.24. The molecule has 0 saturated heterocycles. The molecule has 2 rings (SSSR count). The Hall–Kier alpha value is -2.43. The Kier molecular flexibility index (Phi) is 7.13. The number of rotatable bonds is 8. The zero-order chi connectivity index (χ0) is 19.1. The number of hydrogen-bond acceptors (Lipinski definition) is 3. The van der Waals surface area contributed by atoms with Crippen LogP contribution in [0.5, 0.6) is 0 Å². The number of nitrogens with one attached hydrogen (secondary N) is 1. The Labute approximate surface area is 155 Å². The summed E-state index contributed by atoms with van der Waals surface area (Å²) in [6, 6.07) is 9.73. The van der Waals surface area contributed by atoms with Crippen LogP contribution in [0.3, 0.4) is 0 Å². The number of amides is 1. The van der Waals surface area contributed by atoms with Crippen LogP contribution in [0.2, 0.25) is 0 Å². The van der Waals surface area contributed by atoms with E-state index < -0.39 is 0 Å². The topological polar surface area (TPSA) is 64.0 Å². The van der Waals surface area contributed by atoms with Crippen LogP contribution in [0.15, 0.2) is 30.3 Å². The number of aryl methyl sites for hydroxylation is 1. The Balaban J connectivity index is 1.87. The van der Waals surface area contributed by atoms with E-state index in [1.165, 1.54) is 4.68 Å². The van der Waals surface area contributed by atoms with Crippen molar-refractivity contribution in [1.82, 2.24) is 15.1 Å². The van der Waals surface area contributed by atoms with E-state index in [-0.39, 0.29) is 24.7 Å². The lowest BCUT2D eigenvalue weighted by molar-refractivity contribution is -0.121. The monoisotopic (exact) mass is 355 g/mol. The summed E-state index contributed by atoms with van der Waals surface area (Å²) in [7, 11) is 0. The molecule has 1 N–H and O–H groups in total. The molecule has 0 fully saturated rings. The number of hydrogen-bond donors (Lipinski definition) is 1. The highest BCUT2D eigenvalue weighted by atomic mass is 16.2. The predicted octanol–water partition coefficient (Wildman–Crippen LogP) is 3.83. The Morgan fingerprint density at radius 3 is 2.46 bits per heavy atom. The molecule has 2 aromatic rings. The predicted molar refractivity (Wildman–Crippen MR) is 103 cm³/mol. The summed E-state index contributed by atoms with van der Waals surface area (Å²) in [4.78, 5) is 24.5. The van der Waals surface area contributed by atoms with Crippen LogP contribution in [0, 0.1) is 19.8 Å². The van der Waals surface area contributed by atoms with Crippen molar-refractivity contribution in [2.24, 2.45) is 5.92 Å². The van der Waals surface area contributed by atoms with Gasteiger partial charge in [0.15, 0.2) is 0 Å². The average Bonchev–Trinajstić information content (AvgIpc) is 2.91. The van der Waals surface area contributed by atoms with Crippen molar-refractivity contribution in [3.63, 3.8) is 0 Å². The van der Waals surface area contributed by atoms with Gasteiger partial charge in [-0.05, 0) is 43.7 Å². The van der Waals surface area contributed by atoms with Crippen molar-refractivity contribution in [2.45, 2.75) is 59.9 Å². The summed E-state index contributed by atoms with van der Waals surface area (Å²) in [5.74, 6) is 0.362. The van der Waals surface area contributed by atoms with Gasteiger partial charge < -0.3 is 5.32 Å². The second-order valence-electron chi connectivity index (χ2n) is 7.15. The van der Waals surface area contributed by atoms with E-state index in [2.05, 4.69) is 24.3 Å². The molecule has 1 aromatic heterocycles. The lowest BCUT2D eigenvalue weighted by atomic mass is 10.0. The SMILES string of the molecule is Cc1nn(C(=O)CCC(=O)NCc2ccccc2)c(C)c1CCC(C)C. The summed E-state index contributed by atoms with van der Waals surface area (Å²) >= 11 is 0. The van der Waals surface area contributed by atoms with Crippen molar-refractivity contribution < 1.29 is 9.59 Å². The largest absolute Gasteiger partial charge is 0.352 e. The van der Waals surface area contributed by atoms with E-state index in [4.69, 9.17) is 0 Å². The van der Waals surface area contributed by atoms with Crippen LogP contribution >= 0.6 is 0 Å². The number of benzene rings is 1. The van der Waals surface area contributed by atoms with E-state index in [9.17, 15) is 9.59 Å². The van der Waals surface area contributed by atoms with E-state index in [1.54, 1.807) is 0 Å². The first kappa shape index (κ1) is 19.9. The maximum absolute atomic E-state index is 12.5. The molecule has 0 aliphatic carbocycles. The molecular weight excluding hydrogens is 326 g/mol. The zero-order valence-electron chi connectivity index (χ0n) is 16.2. The fraction of sp³-hybridized carbons (Fsp3) is 0.476. The fourth-order valence-electron chi connectivity index (χ4n) is 2.92. The van der Waals surface area contributed by atoms with Crippen LogP contribution < -0.4 is 5.32 Å². The first-order chi connectivity index (χ1) is 12.4. The minimum atomic E-state index is -0.128. The standard InChI is InChI=1S/C21H29N3O2/c1-15(2)10-11-19-16(3)23-24(17(19)4)21(26)13-12-20(25)22-14-18-8-6-5-7-9-18/h5-9,15H,10-14H2,1-4H3,(H,22,25). The minimum Gasteiger partial charge on any atom is -0.352 e. The summed E-state index contributed by atoms with van der Waals surface area (Å²) in [6.45, 7) is 8.73. The lowest BCUT2D eigenvalue weighted by Gasteiger charge is -2.07. The molecule has 26 heavy (non-hydrogen) atoms. The third kappa shape index (κ3) is 5.55. The van der Waals surface area contributed by atoms with Gasteiger partial charge in [-0.3, -0.25) is 9.59 Å². The lowest BCUT2D eigenvalue weighted by Crippen LogP contribution is -2.24. The molecule has 0 unspecified atom stereocenters. The molecule has 0 aliphatic rings. The number of aromatic nitrogens is 2. The Morgan fingerprint density at radius 1 is 1.12 bits per heavy atom. The maximum atomic E-state index is 12.5. The highest BCUT2D eigenvalue weighted by molar-refractivity contribution is 5.85. The smallest absolute Gasteiger partial charge is 0.247 e. The van der Waals surface area contributed by atoms with E-state index in [0.29, 0.717) is 12.5 Å². The van der Waals surface area contributed by atoms with E-state index >= 15 is 0 Å². The van der Waals surface area contributed by atoms with Gasteiger partial charge in [0.1, 0.15) is 0 Å². The molecule has 5 nitrogen and oxygen atoms in total. The fourth-order valence-corrected chi connectivity index (χ4v) is 2.92. The van der Waals surface area contributed by atoms with Gasteiger partial charge in [-0.2, -0.15) is 5.10 Å². The first-order valence-electron chi connectivity index (χ1n) is 9.27. The molecule has 1 heterocycles. The van der Waals surface area contributed by atoms with E-state index in [1.807, 2.05) is 44.2 Å². The number of carbonyl (C=O) groups is 2. The number of carbonyl (C=O) groups excluding carboxylic acids is 2. The number of nitrogens with zero attached hydrogens (tertiary/aromatic N) is 2. The average molecular weight is 355 g/mol. The van der Waals surface area contributed by atoms with Crippen molar-refractivity contribution in [3.8, 4) is 0 Å². The quantitative estimate of drug-likeness (QED) is 0.783. The van der Waals surface area contributed by atoms with Gasteiger partial charge in [0.05, 0.1) is 5.69 Å². The van der Waals surface area contributed by atoms with Crippen LogP contribution in [0.25, 0.3) is 0 Å². The van der Waals surface area contributed by atoms with Crippen LogP contribution in [-0.4, -0.2) is 21.6 Å². The Bertz CT molecular complexity index is 748. The third-order valence-electron chi connectivity index (χ3n) is 4.55. The van der Waals surface area contributed by atoms with E-state index in [0.717, 1.165) is 35.4 Å². The van der Waals surface area contributed by atoms with Crippen LogP contribution in [0.1, 0.15) is 60.4 Å². The molecule has 0 atom stereocenters. The third-order valence-corrected chi connectivity index (χ3v) is 4.55. The van der Waals surface area contributed by atoms with Gasteiger partial charge >= 0.3 is 0 Å².